The van der Waals surface area contributed by atoms with Gasteiger partial charge >= 0.3 is 5.97 Å². The molecule has 0 saturated carbocycles. The molecule has 2 N–H and O–H groups in total. The maximum atomic E-state index is 11.7. The van der Waals surface area contributed by atoms with Gasteiger partial charge in [-0.2, -0.15) is 4.72 Å². The second-order valence-electron chi connectivity index (χ2n) is 3.26. The summed E-state index contributed by atoms with van der Waals surface area (Å²) in [4.78, 5) is 11.5. The maximum Gasteiger partial charge on any atom is 0.321 e. The van der Waals surface area contributed by atoms with Crippen LogP contribution in [0.25, 0.3) is 0 Å². The molecule has 1 aromatic heterocycles. The summed E-state index contributed by atoms with van der Waals surface area (Å²) in [5.41, 5.74) is 0. The summed E-state index contributed by atoms with van der Waals surface area (Å²) in [5.74, 6) is -1.20. The molecule has 0 fully saturated rings. The van der Waals surface area contributed by atoms with Gasteiger partial charge in [0, 0.05) is 4.88 Å². The minimum absolute atomic E-state index is 0.150. The average Bonchev–Trinajstić information content (AvgIpc) is 2.65. The van der Waals surface area contributed by atoms with Gasteiger partial charge in [-0.15, -0.1) is 11.3 Å². The molecular formula is C9H13NO4S2. The van der Waals surface area contributed by atoms with Crippen LogP contribution in [-0.4, -0.2) is 25.5 Å². The van der Waals surface area contributed by atoms with Crippen molar-refractivity contribution in [3.8, 4) is 0 Å². The smallest absolute Gasteiger partial charge is 0.321 e. The van der Waals surface area contributed by atoms with Crippen molar-refractivity contribution in [1.29, 1.82) is 0 Å². The molecule has 7 heteroatoms. The fraction of sp³-hybridized carbons (Fsp3) is 0.444. The van der Waals surface area contributed by atoms with Crippen molar-refractivity contribution in [2.75, 3.05) is 0 Å². The van der Waals surface area contributed by atoms with Crippen molar-refractivity contribution in [3.05, 3.63) is 17.0 Å². The van der Waals surface area contributed by atoms with Gasteiger partial charge in [-0.1, -0.05) is 6.92 Å². The largest absolute Gasteiger partial charge is 0.480 e. The number of sulfonamides is 1. The molecule has 1 rings (SSSR count). The molecule has 1 aromatic rings. The second kappa shape index (κ2) is 4.94. The first-order valence-electron chi connectivity index (χ1n) is 4.70. The number of nitrogens with one attached hydrogen (secondary N) is 1. The third-order valence-electron chi connectivity index (χ3n) is 1.95. The standard InChI is InChI=1S/C9H13NO4S2/c1-3-7-4-5-8(15-7)16(13,14)10-6(2)9(11)12/h4-6,10H,3H2,1-2H3,(H,11,12). The lowest BCUT2D eigenvalue weighted by atomic mass is 10.4. The predicted octanol–water partition coefficient (Wildman–Crippen LogP) is 1.06. The normalized spacial score (nSPS) is 13.6. The van der Waals surface area contributed by atoms with E-state index in [9.17, 15) is 13.2 Å². The van der Waals surface area contributed by atoms with Crippen LogP contribution in [0, 0.1) is 0 Å². The highest BCUT2D eigenvalue weighted by Crippen LogP contribution is 2.21. The van der Waals surface area contributed by atoms with Crippen LogP contribution in [0.3, 0.4) is 0 Å². The van der Waals surface area contributed by atoms with E-state index >= 15 is 0 Å². The molecule has 0 spiro atoms. The number of rotatable bonds is 5. The van der Waals surface area contributed by atoms with Gasteiger partial charge in [-0.05, 0) is 25.5 Å². The molecule has 0 bridgehead atoms. The Balaban J connectivity index is 2.90. The van der Waals surface area contributed by atoms with E-state index in [0.717, 1.165) is 22.6 Å². The van der Waals surface area contributed by atoms with E-state index in [0.29, 0.717) is 0 Å². The second-order valence-corrected chi connectivity index (χ2v) is 6.36. The quantitative estimate of drug-likeness (QED) is 0.832. The lowest BCUT2D eigenvalue weighted by Gasteiger charge is -2.08. The minimum Gasteiger partial charge on any atom is -0.480 e. The van der Waals surface area contributed by atoms with Crippen LogP contribution >= 0.6 is 11.3 Å². The fourth-order valence-corrected chi connectivity index (χ4v) is 3.54. The Morgan fingerprint density at radius 1 is 1.56 bits per heavy atom. The van der Waals surface area contributed by atoms with Crippen LogP contribution in [0.1, 0.15) is 18.7 Å². The van der Waals surface area contributed by atoms with Gasteiger partial charge in [0.1, 0.15) is 10.3 Å². The molecule has 5 nitrogen and oxygen atoms in total. The first kappa shape index (κ1) is 13.1. The molecule has 0 aliphatic heterocycles. The average molecular weight is 263 g/mol. The van der Waals surface area contributed by atoms with E-state index < -0.39 is 22.0 Å². The van der Waals surface area contributed by atoms with Crippen molar-refractivity contribution in [1.82, 2.24) is 4.72 Å². The van der Waals surface area contributed by atoms with Crippen LogP contribution in [0.5, 0.6) is 0 Å². The van der Waals surface area contributed by atoms with Gasteiger partial charge in [0.25, 0.3) is 10.0 Å². The fourth-order valence-electron chi connectivity index (χ4n) is 1.03. The van der Waals surface area contributed by atoms with E-state index in [4.69, 9.17) is 5.11 Å². The summed E-state index contributed by atoms with van der Waals surface area (Å²) in [6.45, 7) is 3.21. The van der Waals surface area contributed by atoms with Crippen molar-refractivity contribution < 1.29 is 18.3 Å². The number of aryl methyl sites for hydroxylation is 1. The van der Waals surface area contributed by atoms with E-state index in [1.54, 1.807) is 6.07 Å². The Hall–Kier alpha value is -0.920. The lowest BCUT2D eigenvalue weighted by molar-refractivity contribution is -0.138. The van der Waals surface area contributed by atoms with Crippen LogP contribution in [-0.2, 0) is 21.2 Å². The molecule has 0 radical (unpaired) electrons. The third-order valence-corrected chi connectivity index (χ3v) is 5.21. The van der Waals surface area contributed by atoms with Crippen LogP contribution in [0.4, 0.5) is 0 Å². The lowest BCUT2D eigenvalue weighted by Crippen LogP contribution is -2.37. The van der Waals surface area contributed by atoms with Crippen molar-refractivity contribution in [2.24, 2.45) is 0 Å². The van der Waals surface area contributed by atoms with Gasteiger partial charge in [-0.25, -0.2) is 8.42 Å². The van der Waals surface area contributed by atoms with Crippen molar-refractivity contribution in [3.63, 3.8) is 0 Å². The summed E-state index contributed by atoms with van der Waals surface area (Å²) < 4.78 is 25.7. The zero-order valence-electron chi connectivity index (χ0n) is 8.93. The van der Waals surface area contributed by atoms with Gasteiger partial charge in [0.2, 0.25) is 0 Å². The van der Waals surface area contributed by atoms with Crippen LogP contribution in [0.15, 0.2) is 16.3 Å². The summed E-state index contributed by atoms with van der Waals surface area (Å²) in [7, 11) is -3.71. The molecule has 0 saturated heterocycles. The van der Waals surface area contributed by atoms with Gasteiger partial charge in [0.05, 0.1) is 0 Å². The molecule has 0 amide bonds. The molecule has 1 heterocycles. The molecule has 16 heavy (non-hydrogen) atoms. The number of thiophene rings is 1. The molecule has 0 aliphatic carbocycles. The summed E-state index contributed by atoms with van der Waals surface area (Å²) in [6, 6.07) is 2.09. The Bertz CT molecular complexity index is 477. The predicted molar refractivity (Wildman–Crippen MR) is 61.1 cm³/mol. The molecular weight excluding hydrogens is 250 g/mol. The Morgan fingerprint density at radius 3 is 2.62 bits per heavy atom. The molecule has 90 valence electrons. The van der Waals surface area contributed by atoms with E-state index in [1.807, 2.05) is 6.92 Å². The van der Waals surface area contributed by atoms with E-state index in [-0.39, 0.29) is 4.21 Å². The van der Waals surface area contributed by atoms with Crippen molar-refractivity contribution in [2.45, 2.75) is 30.5 Å². The van der Waals surface area contributed by atoms with Crippen LogP contribution in [0.2, 0.25) is 0 Å². The van der Waals surface area contributed by atoms with Gasteiger partial charge in [0.15, 0.2) is 0 Å². The Kier molecular flexibility index (Phi) is 4.06. The topological polar surface area (TPSA) is 83.5 Å². The number of hydrogen-bond acceptors (Lipinski definition) is 4. The number of hydrogen-bond donors (Lipinski definition) is 2. The Morgan fingerprint density at radius 2 is 2.19 bits per heavy atom. The molecule has 0 aromatic carbocycles. The third kappa shape index (κ3) is 3.03. The first-order valence-corrected chi connectivity index (χ1v) is 7.00. The number of aliphatic carboxylic acids is 1. The van der Waals surface area contributed by atoms with Gasteiger partial charge in [-0.3, -0.25) is 4.79 Å². The number of carboxylic acid groups (broad SMARTS) is 1. The van der Waals surface area contributed by atoms with Crippen LogP contribution < -0.4 is 4.72 Å². The molecule has 0 aliphatic rings. The number of carbonyl (C=O) groups is 1. The summed E-state index contributed by atoms with van der Waals surface area (Å²) in [6.07, 6.45) is 0.759. The monoisotopic (exact) mass is 263 g/mol. The minimum atomic E-state index is -3.71. The van der Waals surface area contributed by atoms with E-state index in [2.05, 4.69) is 4.72 Å². The van der Waals surface area contributed by atoms with Gasteiger partial charge < -0.3 is 5.11 Å². The number of carboxylic acids is 1. The molecule has 1 unspecified atom stereocenters. The highest BCUT2D eigenvalue weighted by atomic mass is 32.2. The Labute approximate surface area is 98.2 Å². The molecule has 1 atom stereocenters. The summed E-state index contributed by atoms with van der Waals surface area (Å²) in [5, 5.41) is 8.62. The van der Waals surface area contributed by atoms with Crippen molar-refractivity contribution >= 4 is 27.3 Å². The highest BCUT2D eigenvalue weighted by Gasteiger charge is 2.22. The first-order chi connectivity index (χ1) is 7.36. The van der Waals surface area contributed by atoms with E-state index in [1.165, 1.54) is 13.0 Å². The summed E-state index contributed by atoms with van der Waals surface area (Å²) >= 11 is 1.15. The highest BCUT2D eigenvalue weighted by molar-refractivity contribution is 7.91. The maximum absolute atomic E-state index is 11.7. The SMILES string of the molecule is CCc1ccc(S(=O)(=O)NC(C)C(=O)O)s1. The zero-order chi connectivity index (χ0) is 12.3. The zero-order valence-corrected chi connectivity index (χ0v) is 10.6.